The topological polar surface area (TPSA) is 79.0 Å². The number of alkyl halides is 3. The van der Waals surface area contributed by atoms with E-state index in [0.29, 0.717) is 29.3 Å². The molecule has 12 heteroatoms. The van der Waals surface area contributed by atoms with Crippen LogP contribution in [0, 0.1) is 0 Å². The number of hydrogen-bond acceptors (Lipinski definition) is 5. The normalized spacial score (nSPS) is 15.8. The third-order valence-corrected chi connectivity index (χ3v) is 6.68. The van der Waals surface area contributed by atoms with Crippen molar-refractivity contribution in [3.05, 3.63) is 53.1 Å². The van der Waals surface area contributed by atoms with Crippen molar-refractivity contribution in [2.75, 3.05) is 47.1 Å². The largest absolute Gasteiger partial charge is 0.417 e. The highest BCUT2D eigenvalue weighted by atomic mass is 35.5. The summed E-state index contributed by atoms with van der Waals surface area (Å²) in [5, 5.41) is 2.04. The Balaban J connectivity index is 1.81. The number of carbonyl (C=O) groups is 1. The predicted octanol–water partition coefficient (Wildman–Crippen LogP) is 3.99. The fraction of sp³-hybridized carbons (Fsp3) is 0.381. The van der Waals surface area contributed by atoms with Crippen LogP contribution in [0.2, 0.25) is 5.02 Å². The van der Waals surface area contributed by atoms with Crippen LogP contribution in [0.5, 0.6) is 0 Å². The summed E-state index contributed by atoms with van der Waals surface area (Å²) < 4.78 is 70.6. The molecule has 0 radical (unpaired) electrons. The highest BCUT2D eigenvalue weighted by Gasteiger charge is 2.36. The van der Waals surface area contributed by atoms with E-state index in [1.807, 2.05) is 12.1 Å². The zero-order chi connectivity index (χ0) is 24.4. The minimum absolute atomic E-state index is 0.320. The third-order valence-electron chi connectivity index (χ3n) is 5.11. The Bertz CT molecular complexity index is 1100. The molecule has 33 heavy (non-hydrogen) atoms. The minimum atomic E-state index is -4.79. The number of nitrogens with one attached hydrogen (secondary N) is 1. The van der Waals surface area contributed by atoms with Gasteiger partial charge in [0.2, 0.25) is 15.9 Å². The number of anilines is 3. The van der Waals surface area contributed by atoms with Gasteiger partial charge in [0.1, 0.15) is 6.04 Å². The number of rotatable bonds is 6. The molecular formula is C21H23ClF3N3O4S. The number of morpholine rings is 1. The van der Waals surface area contributed by atoms with E-state index in [-0.39, 0.29) is 5.69 Å². The molecule has 1 fully saturated rings. The molecule has 1 saturated heterocycles. The van der Waals surface area contributed by atoms with Gasteiger partial charge in [0.25, 0.3) is 0 Å². The van der Waals surface area contributed by atoms with Crippen LogP contribution in [0.3, 0.4) is 0 Å². The standard InChI is InChI=1S/C21H23ClF3N3O4S/c1-14(20(29)26-15-3-5-16(6-4-15)27-9-11-32-12-10-27)28(33(2,30)31)17-7-8-19(22)18(13-17)21(23,24)25/h3-8,13-14H,9-12H2,1-2H3,(H,26,29)/t14-/m0/s1. The van der Waals surface area contributed by atoms with Gasteiger partial charge in [0.15, 0.2) is 0 Å². The van der Waals surface area contributed by atoms with Crippen LogP contribution in [0.15, 0.2) is 42.5 Å². The van der Waals surface area contributed by atoms with Gasteiger partial charge in [0.05, 0.1) is 35.7 Å². The lowest BCUT2D eigenvalue weighted by Gasteiger charge is -2.29. The van der Waals surface area contributed by atoms with Crippen molar-refractivity contribution in [2.45, 2.75) is 19.1 Å². The lowest BCUT2D eigenvalue weighted by molar-refractivity contribution is -0.137. The van der Waals surface area contributed by atoms with Crippen LogP contribution >= 0.6 is 11.6 Å². The van der Waals surface area contributed by atoms with Gasteiger partial charge < -0.3 is 15.0 Å². The van der Waals surface area contributed by atoms with Gasteiger partial charge in [-0.2, -0.15) is 13.2 Å². The van der Waals surface area contributed by atoms with Gasteiger partial charge in [0, 0.05) is 24.5 Å². The minimum Gasteiger partial charge on any atom is -0.378 e. The molecule has 1 aliphatic heterocycles. The molecule has 0 saturated carbocycles. The molecular weight excluding hydrogens is 483 g/mol. The van der Waals surface area contributed by atoms with Crippen LogP contribution in [0.4, 0.5) is 30.2 Å². The highest BCUT2D eigenvalue weighted by molar-refractivity contribution is 7.92. The molecule has 7 nitrogen and oxygen atoms in total. The van der Waals surface area contributed by atoms with E-state index in [2.05, 4.69) is 10.2 Å². The summed E-state index contributed by atoms with van der Waals surface area (Å²) in [5.41, 5.74) is -0.145. The first-order valence-electron chi connectivity index (χ1n) is 9.97. The summed E-state index contributed by atoms with van der Waals surface area (Å²) in [6.45, 7) is 4.02. The molecule has 2 aromatic carbocycles. The van der Waals surface area contributed by atoms with Crippen molar-refractivity contribution < 1.29 is 31.1 Å². The molecule has 1 aliphatic rings. The Labute approximate surface area is 195 Å². The molecule has 0 unspecified atom stereocenters. The van der Waals surface area contributed by atoms with Crippen molar-refractivity contribution >= 4 is 44.6 Å². The highest BCUT2D eigenvalue weighted by Crippen LogP contribution is 2.37. The van der Waals surface area contributed by atoms with Crippen molar-refractivity contribution in [3.8, 4) is 0 Å². The lowest BCUT2D eigenvalue weighted by Crippen LogP contribution is -2.45. The van der Waals surface area contributed by atoms with Gasteiger partial charge in [-0.15, -0.1) is 0 Å². The monoisotopic (exact) mass is 505 g/mol. The van der Waals surface area contributed by atoms with Crippen LogP contribution in [-0.4, -0.2) is 52.9 Å². The summed E-state index contributed by atoms with van der Waals surface area (Å²) in [4.78, 5) is 14.9. The molecule has 0 aromatic heterocycles. The maximum atomic E-state index is 13.3. The Morgan fingerprint density at radius 3 is 2.30 bits per heavy atom. The van der Waals surface area contributed by atoms with Gasteiger partial charge in [-0.05, 0) is 49.4 Å². The molecule has 0 spiro atoms. The maximum Gasteiger partial charge on any atom is 0.417 e. The first-order valence-corrected chi connectivity index (χ1v) is 12.2. The van der Waals surface area contributed by atoms with E-state index in [1.54, 1.807) is 12.1 Å². The summed E-state index contributed by atoms with van der Waals surface area (Å²) in [6.07, 6.45) is -3.97. The Morgan fingerprint density at radius 1 is 1.15 bits per heavy atom. The average Bonchev–Trinajstić information content (AvgIpc) is 2.74. The van der Waals surface area contributed by atoms with E-state index in [9.17, 15) is 26.4 Å². The van der Waals surface area contributed by atoms with Crippen LogP contribution in [-0.2, 0) is 25.7 Å². The van der Waals surface area contributed by atoms with Gasteiger partial charge in [-0.3, -0.25) is 9.10 Å². The summed E-state index contributed by atoms with van der Waals surface area (Å²) >= 11 is 5.64. The molecule has 1 N–H and O–H groups in total. The number of sulfonamides is 1. The third kappa shape index (κ3) is 6.10. The zero-order valence-electron chi connectivity index (χ0n) is 17.9. The number of amides is 1. The first kappa shape index (κ1) is 25.1. The van der Waals surface area contributed by atoms with E-state index >= 15 is 0 Å². The van der Waals surface area contributed by atoms with Crippen LogP contribution in [0.25, 0.3) is 0 Å². The quantitative estimate of drug-likeness (QED) is 0.642. The number of ether oxygens (including phenoxy) is 1. The van der Waals surface area contributed by atoms with Crippen molar-refractivity contribution in [1.82, 2.24) is 0 Å². The van der Waals surface area contributed by atoms with Gasteiger partial charge in [-0.1, -0.05) is 11.6 Å². The fourth-order valence-corrected chi connectivity index (χ4v) is 4.89. The Morgan fingerprint density at radius 2 is 1.76 bits per heavy atom. The number of nitrogens with zero attached hydrogens (tertiary/aromatic N) is 2. The van der Waals surface area contributed by atoms with Crippen LogP contribution in [0.1, 0.15) is 12.5 Å². The fourth-order valence-electron chi connectivity index (χ4n) is 3.50. The van der Waals surface area contributed by atoms with Crippen molar-refractivity contribution in [3.63, 3.8) is 0 Å². The second kappa shape index (κ2) is 9.78. The Hall–Kier alpha value is -2.50. The molecule has 1 atom stereocenters. The van der Waals surface area contributed by atoms with E-state index in [1.165, 1.54) is 6.92 Å². The molecule has 0 bridgehead atoms. The van der Waals surface area contributed by atoms with E-state index in [4.69, 9.17) is 16.3 Å². The second-order valence-electron chi connectivity index (χ2n) is 7.53. The summed E-state index contributed by atoms with van der Waals surface area (Å²) in [7, 11) is -4.11. The summed E-state index contributed by atoms with van der Waals surface area (Å²) in [6, 6.07) is 8.33. The molecule has 2 aromatic rings. The summed E-state index contributed by atoms with van der Waals surface area (Å²) in [5.74, 6) is -0.706. The maximum absolute atomic E-state index is 13.3. The first-order chi connectivity index (χ1) is 15.4. The second-order valence-corrected chi connectivity index (χ2v) is 9.80. The molecule has 1 amide bonds. The SMILES string of the molecule is C[C@@H](C(=O)Nc1ccc(N2CCOCC2)cc1)N(c1ccc(Cl)c(C(F)(F)F)c1)S(C)(=O)=O. The molecule has 1 heterocycles. The molecule has 3 rings (SSSR count). The van der Waals surface area contributed by atoms with Crippen LogP contribution < -0.4 is 14.5 Å². The number of benzene rings is 2. The van der Waals surface area contributed by atoms with Gasteiger partial charge in [-0.25, -0.2) is 8.42 Å². The molecule has 0 aliphatic carbocycles. The van der Waals surface area contributed by atoms with Gasteiger partial charge >= 0.3 is 6.18 Å². The Kier molecular flexibility index (Phi) is 7.45. The number of carbonyl (C=O) groups excluding carboxylic acids is 1. The van der Waals surface area contributed by atoms with Crippen molar-refractivity contribution in [1.29, 1.82) is 0 Å². The lowest BCUT2D eigenvalue weighted by atomic mass is 10.1. The smallest absolute Gasteiger partial charge is 0.378 e. The zero-order valence-corrected chi connectivity index (χ0v) is 19.5. The van der Waals surface area contributed by atoms with Crippen molar-refractivity contribution in [2.24, 2.45) is 0 Å². The molecule has 180 valence electrons. The number of halogens is 4. The predicted molar refractivity (Wildman–Crippen MR) is 121 cm³/mol. The van der Waals surface area contributed by atoms with E-state index < -0.39 is 38.7 Å². The van der Waals surface area contributed by atoms with E-state index in [0.717, 1.165) is 37.2 Å². The average molecular weight is 506 g/mol. The number of hydrogen-bond donors (Lipinski definition) is 1.